The first-order chi connectivity index (χ1) is 11.8. The van der Waals surface area contributed by atoms with Gasteiger partial charge in [0.1, 0.15) is 19.8 Å². The lowest BCUT2D eigenvalue weighted by Crippen LogP contribution is -2.54. The Morgan fingerprint density at radius 1 is 0.760 bits per heavy atom. The van der Waals surface area contributed by atoms with Gasteiger partial charge in [-0.15, -0.1) is 0 Å². The average Bonchev–Trinajstić information content (AvgIpc) is 2.64. The molecule has 0 radical (unpaired) electrons. The Hall–Kier alpha value is -1.67. The highest BCUT2D eigenvalue weighted by Gasteiger charge is 2.45. The number of carbonyl (C=O) groups is 3. The van der Waals surface area contributed by atoms with Crippen LogP contribution < -0.4 is 0 Å². The van der Waals surface area contributed by atoms with E-state index >= 15 is 0 Å². The van der Waals surface area contributed by atoms with Crippen molar-refractivity contribution >= 4 is 17.9 Å². The van der Waals surface area contributed by atoms with E-state index in [1.54, 1.807) is 27.7 Å². The molecule has 144 valence electrons. The first-order valence-corrected chi connectivity index (χ1v) is 8.53. The minimum Gasteiger partial charge on any atom is -0.465 e. The van der Waals surface area contributed by atoms with E-state index in [0.29, 0.717) is 0 Å². The standard InChI is InChI=1S/C17H28O8/c1-5-13(18)21-8-16(4)24-11-17(12-25-16,9-22-14(19)6-2)10-23-15(20)7-3/h5-12H2,1-4H3. The average molecular weight is 360 g/mol. The summed E-state index contributed by atoms with van der Waals surface area (Å²) in [5, 5.41) is 0. The van der Waals surface area contributed by atoms with Crippen LogP contribution in [0, 0.1) is 5.41 Å². The first-order valence-electron chi connectivity index (χ1n) is 8.53. The Labute approximate surface area is 148 Å². The van der Waals surface area contributed by atoms with Crippen LogP contribution >= 0.6 is 0 Å². The molecular formula is C17H28O8. The van der Waals surface area contributed by atoms with Crippen molar-refractivity contribution in [3.05, 3.63) is 0 Å². The number of ether oxygens (including phenoxy) is 5. The van der Waals surface area contributed by atoms with E-state index < -0.39 is 11.2 Å². The van der Waals surface area contributed by atoms with E-state index in [-0.39, 0.29) is 70.2 Å². The zero-order valence-electron chi connectivity index (χ0n) is 15.4. The predicted molar refractivity (Wildman–Crippen MR) is 86.5 cm³/mol. The fraction of sp³-hybridized carbons (Fsp3) is 0.824. The summed E-state index contributed by atoms with van der Waals surface area (Å²) in [7, 11) is 0. The van der Waals surface area contributed by atoms with Crippen LogP contribution in [-0.2, 0) is 38.1 Å². The quantitative estimate of drug-likeness (QED) is 0.452. The molecule has 0 N–H and O–H groups in total. The Morgan fingerprint density at radius 2 is 1.12 bits per heavy atom. The third-order valence-corrected chi connectivity index (χ3v) is 3.81. The minimum atomic E-state index is -1.09. The van der Waals surface area contributed by atoms with Crippen LogP contribution in [0.4, 0.5) is 0 Å². The summed E-state index contributed by atoms with van der Waals surface area (Å²) < 4.78 is 26.9. The van der Waals surface area contributed by atoms with Crippen molar-refractivity contribution in [1.29, 1.82) is 0 Å². The van der Waals surface area contributed by atoms with E-state index in [9.17, 15) is 14.4 Å². The third kappa shape index (κ3) is 6.99. The Bertz CT molecular complexity index is 443. The van der Waals surface area contributed by atoms with E-state index in [2.05, 4.69) is 0 Å². The molecule has 25 heavy (non-hydrogen) atoms. The molecule has 1 aliphatic rings. The zero-order valence-corrected chi connectivity index (χ0v) is 15.4. The smallest absolute Gasteiger partial charge is 0.305 e. The summed E-state index contributed by atoms with van der Waals surface area (Å²) >= 11 is 0. The highest BCUT2D eigenvalue weighted by molar-refractivity contribution is 5.69. The van der Waals surface area contributed by atoms with E-state index in [4.69, 9.17) is 23.7 Å². The molecule has 0 aromatic carbocycles. The summed E-state index contributed by atoms with van der Waals surface area (Å²) in [4.78, 5) is 34.2. The van der Waals surface area contributed by atoms with Crippen LogP contribution in [-0.4, -0.2) is 56.7 Å². The van der Waals surface area contributed by atoms with Crippen LogP contribution in [0.25, 0.3) is 0 Å². The van der Waals surface area contributed by atoms with Crippen molar-refractivity contribution in [2.75, 3.05) is 33.0 Å². The van der Waals surface area contributed by atoms with Crippen LogP contribution in [0.1, 0.15) is 47.0 Å². The number of hydrogen-bond acceptors (Lipinski definition) is 8. The number of carbonyl (C=O) groups excluding carboxylic acids is 3. The van der Waals surface area contributed by atoms with Crippen LogP contribution in [0.3, 0.4) is 0 Å². The van der Waals surface area contributed by atoms with E-state index in [1.807, 2.05) is 0 Å². The molecule has 0 atom stereocenters. The van der Waals surface area contributed by atoms with E-state index in [1.165, 1.54) is 0 Å². The highest BCUT2D eigenvalue weighted by atomic mass is 16.7. The largest absolute Gasteiger partial charge is 0.465 e. The summed E-state index contributed by atoms with van der Waals surface area (Å²) in [6, 6.07) is 0. The second-order valence-corrected chi connectivity index (χ2v) is 6.25. The molecule has 0 unspecified atom stereocenters. The molecule has 1 rings (SSSR count). The van der Waals surface area contributed by atoms with Crippen molar-refractivity contribution in [3.8, 4) is 0 Å². The lowest BCUT2D eigenvalue weighted by molar-refractivity contribution is -0.316. The predicted octanol–water partition coefficient (Wildman–Crippen LogP) is 1.60. The van der Waals surface area contributed by atoms with Gasteiger partial charge >= 0.3 is 17.9 Å². The maximum atomic E-state index is 11.5. The number of rotatable bonds is 9. The topological polar surface area (TPSA) is 97.4 Å². The SMILES string of the molecule is CCC(=O)OCC1(COC(=O)CC)COC(C)(COC(=O)CC)OC1. The fourth-order valence-electron chi connectivity index (χ4n) is 1.97. The molecule has 0 bridgehead atoms. The maximum absolute atomic E-state index is 11.5. The lowest BCUT2D eigenvalue weighted by Gasteiger charge is -2.43. The van der Waals surface area contributed by atoms with Gasteiger partial charge in [0.25, 0.3) is 0 Å². The van der Waals surface area contributed by atoms with Gasteiger partial charge in [-0.05, 0) is 6.92 Å². The van der Waals surface area contributed by atoms with Gasteiger partial charge in [-0.3, -0.25) is 14.4 Å². The number of hydrogen-bond donors (Lipinski definition) is 0. The Morgan fingerprint density at radius 3 is 1.48 bits per heavy atom. The van der Waals surface area contributed by atoms with Crippen molar-refractivity contribution in [2.24, 2.45) is 5.41 Å². The highest BCUT2D eigenvalue weighted by Crippen LogP contribution is 2.31. The Balaban J connectivity index is 2.67. The van der Waals surface area contributed by atoms with Gasteiger partial charge in [-0.1, -0.05) is 20.8 Å². The van der Waals surface area contributed by atoms with Crippen molar-refractivity contribution in [1.82, 2.24) is 0 Å². The third-order valence-electron chi connectivity index (χ3n) is 3.81. The van der Waals surface area contributed by atoms with Crippen LogP contribution in [0.15, 0.2) is 0 Å². The first kappa shape index (κ1) is 21.4. The van der Waals surface area contributed by atoms with Gasteiger partial charge in [0.15, 0.2) is 5.79 Å². The molecule has 1 aliphatic heterocycles. The minimum absolute atomic E-state index is 0.0154. The van der Waals surface area contributed by atoms with E-state index in [0.717, 1.165) is 0 Å². The molecule has 1 heterocycles. The molecule has 0 aromatic heterocycles. The summed E-state index contributed by atoms with van der Waals surface area (Å²) in [5.41, 5.74) is -0.788. The molecule has 0 amide bonds. The summed E-state index contributed by atoms with van der Waals surface area (Å²) in [5.74, 6) is -2.14. The summed E-state index contributed by atoms with van der Waals surface area (Å²) in [6.07, 6.45) is 0.758. The van der Waals surface area contributed by atoms with Crippen molar-refractivity contribution in [3.63, 3.8) is 0 Å². The summed E-state index contributed by atoms with van der Waals surface area (Å²) in [6.45, 7) is 7.02. The lowest BCUT2D eigenvalue weighted by atomic mass is 9.90. The zero-order chi connectivity index (χ0) is 18.9. The monoisotopic (exact) mass is 360 g/mol. The molecule has 1 fully saturated rings. The van der Waals surface area contributed by atoms with Gasteiger partial charge in [-0.25, -0.2) is 0 Å². The molecule has 0 aliphatic carbocycles. The van der Waals surface area contributed by atoms with Gasteiger partial charge in [0.2, 0.25) is 0 Å². The fourth-order valence-corrected chi connectivity index (χ4v) is 1.97. The van der Waals surface area contributed by atoms with Gasteiger partial charge in [0, 0.05) is 19.3 Å². The van der Waals surface area contributed by atoms with Gasteiger partial charge in [0.05, 0.1) is 18.6 Å². The molecule has 8 heteroatoms. The van der Waals surface area contributed by atoms with Crippen LogP contribution in [0.2, 0.25) is 0 Å². The second-order valence-electron chi connectivity index (χ2n) is 6.25. The van der Waals surface area contributed by atoms with Crippen LogP contribution in [0.5, 0.6) is 0 Å². The second kappa shape index (κ2) is 9.72. The maximum Gasteiger partial charge on any atom is 0.305 e. The molecule has 0 spiro atoms. The Kier molecular flexibility index (Phi) is 8.31. The molecular weight excluding hydrogens is 332 g/mol. The normalized spacial score (nSPS) is 18.2. The van der Waals surface area contributed by atoms with Crippen molar-refractivity contribution in [2.45, 2.75) is 52.7 Å². The van der Waals surface area contributed by atoms with Gasteiger partial charge < -0.3 is 23.7 Å². The molecule has 0 saturated carbocycles. The number of esters is 3. The molecule has 0 aromatic rings. The molecule has 8 nitrogen and oxygen atoms in total. The van der Waals surface area contributed by atoms with Crippen molar-refractivity contribution < 1.29 is 38.1 Å². The van der Waals surface area contributed by atoms with Gasteiger partial charge in [-0.2, -0.15) is 0 Å². The molecule has 1 saturated heterocycles.